The van der Waals surface area contributed by atoms with Gasteiger partial charge < -0.3 is 19.5 Å². The van der Waals surface area contributed by atoms with E-state index in [9.17, 15) is 4.79 Å². The lowest BCUT2D eigenvalue weighted by molar-refractivity contribution is -0.116. The highest BCUT2D eigenvalue weighted by atomic mass is 16.5. The zero-order valence-electron chi connectivity index (χ0n) is 17.8. The molecule has 3 aromatic rings. The van der Waals surface area contributed by atoms with Crippen LogP contribution in [0.4, 0.5) is 5.69 Å². The standard InChI is InChI=1S/C25H24N2O4/c1-29-20-12-14(13-21(30-2)25(20)31-3)22-23-15-6-5-11-26-16(15)9-10-18(23)27-17-7-4-8-19(28)24(17)22/h5-6,9-13,22,27H,4,7-8H2,1-3H3. The van der Waals surface area contributed by atoms with Gasteiger partial charge in [-0.25, -0.2) is 0 Å². The van der Waals surface area contributed by atoms with E-state index in [1.54, 1.807) is 27.5 Å². The van der Waals surface area contributed by atoms with Gasteiger partial charge in [0.05, 0.1) is 26.8 Å². The minimum atomic E-state index is -0.249. The highest BCUT2D eigenvalue weighted by molar-refractivity contribution is 6.03. The molecule has 0 amide bonds. The number of allylic oxidation sites excluding steroid dienone is 2. The van der Waals surface area contributed by atoms with E-state index in [1.807, 2.05) is 24.3 Å². The Morgan fingerprint density at radius 1 is 1.00 bits per heavy atom. The molecule has 1 N–H and O–H groups in total. The molecule has 31 heavy (non-hydrogen) atoms. The van der Waals surface area contributed by atoms with Crippen LogP contribution in [0.5, 0.6) is 17.2 Å². The third-order valence-corrected chi connectivity index (χ3v) is 6.17. The van der Waals surface area contributed by atoms with Gasteiger partial charge in [-0.2, -0.15) is 0 Å². The minimum Gasteiger partial charge on any atom is -0.493 e. The van der Waals surface area contributed by atoms with Crippen molar-refractivity contribution in [3.8, 4) is 17.2 Å². The van der Waals surface area contributed by atoms with Crippen molar-refractivity contribution in [2.45, 2.75) is 25.2 Å². The normalized spacial score (nSPS) is 17.6. The molecule has 6 nitrogen and oxygen atoms in total. The van der Waals surface area contributed by atoms with Gasteiger partial charge in [0.25, 0.3) is 0 Å². The number of Topliss-reactive ketones (excluding diaryl/α,β-unsaturated/α-hetero) is 1. The second kappa shape index (κ2) is 7.61. The van der Waals surface area contributed by atoms with Gasteiger partial charge >= 0.3 is 0 Å². The number of ether oxygens (including phenoxy) is 3. The Kier molecular flexibility index (Phi) is 4.77. The number of carbonyl (C=O) groups is 1. The predicted molar refractivity (Wildman–Crippen MR) is 119 cm³/mol. The molecule has 6 heteroatoms. The molecule has 1 aliphatic carbocycles. The van der Waals surface area contributed by atoms with Crippen LogP contribution in [0, 0.1) is 0 Å². The Morgan fingerprint density at radius 3 is 2.48 bits per heavy atom. The van der Waals surface area contributed by atoms with Gasteiger partial charge in [0.1, 0.15) is 0 Å². The Morgan fingerprint density at radius 2 is 1.77 bits per heavy atom. The molecule has 0 bridgehead atoms. The summed E-state index contributed by atoms with van der Waals surface area (Å²) in [6.07, 6.45) is 4.05. The minimum absolute atomic E-state index is 0.180. The number of hydrogen-bond acceptors (Lipinski definition) is 6. The molecule has 5 rings (SSSR count). The van der Waals surface area contributed by atoms with Crippen molar-refractivity contribution in [2.24, 2.45) is 0 Å². The first-order chi connectivity index (χ1) is 15.2. The number of rotatable bonds is 4. The van der Waals surface area contributed by atoms with Crippen molar-refractivity contribution in [3.63, 3.8) is 0 Å². The summed E-state index contributed by atoms with van der Waals surface area (Å²) in [4.78, 5) is 17.7. The summed E-state index contributed by atoms with van der Waals surface area (Å²) in [5.74, 6) is 1.60. The average molecular weight is 416 g/mol. The molecule has 0 saturated heterocycles. The van der Waals surface area contributed by atoms with Crippen LogP contribution in [0.3, 0.4) is 0 Å². The topological polar surface area (TPSA) is 69.7 Å². The molecule has 1 aliphatic heterocycles. The first-order valence-electron chi connectivity index (χ1n) is 10.4. The number of ketones is 1. The van der Waals surface area contributed by atoms with Gasteiger partial charge in [0, 0.05) is 40.9 Å². The van der Waals surface area contributed by atoms with E-state index in [-0.39, 0.29) is 11.7 Å². The Balaban J connectivity index is 1.83. The second-order valence-electron chi connectivity index (χ2n) is 7.78. The molecular formula is C25H24N2O4. The van der Waals surface area contributed by atoms with Crippen LogP contribution in [0.25, 0.3) is 10.9 Å². The maximum Gasteiger partial charge on any atom is 0.203 e. The van der Waals surface area contributed by atoms with Gasteiger partial charge in [0.15, 0.2) is 17.3 Å². The number of carbonyl (C=O) groups excluding carboxylic acids is 1. The van der Waals surface area contributed by atoms with Crippen LogP contribution in [-0.4, -0.2) is 32.1 Å². The summed E-state index contributed by atoms with van der Waals surface area (Å²) < 4.78 is 16.7. The lowest BCUT2D eigenvalue weighted by Crippen LogP contribution is -2.27. The molecule has 2 aromatic carbocycles. The number of hydrogen-bond donors (Lipinski definition) is 1. The third-order valence-electron chi connectivity index (χ3n) is 6.17. The maximum absolute atomic E-state index is 13.2. The van der Waals surface area contributed by atoms with E-state index in [4.69, 9.17) is 14.2 Å². The van der Waals surface area contributed by atoms with Gasteiger partial charge in [-0.15, -0.1) is 0 Å². The number of anilines is 1. The molecule has 1 atom stereocenters. The largest absolute Gasteiger partial charge is 0.493 e. The summed E-state index contributed by atoms with van der Waals surface area (Å²) >= 11 is 0. The van der Waals surface area contributed by atoms with Crippen LogP contribution < -0.4 is 19.5 Å². The van der Waals surface area contributed by atoms with Crippen LogP contribution in [0.15, 0.2) is 53.9 Å². The molecule has 1 unspecified atom stereocenters. The molecule has 0 saturated carbocycles. The maximum atomic E-state index is 13.2. The van der Waals surface area contributed by atoms with Crippen molar-refractivity contribution in [3.05, 3.63) is 65.0 Å². The number of nitrogens with one attached hydrogen (secondary N) is 1. The lowest BCUT2D eigenvalue weighted by atomic mass is 9.74. The first-order valence-corrected chi connectivity index (χ1v) is 10.4. The van der Waals surface area contributed by atoms with Crippen molar-refractivity contribution in [1.29, 1.82) is 0 Å². The smallest absolute Gasteiger partial charge is 0.203 e. The van der Waals surface area contributed by atoms with Crippen molar-refractivity contribution in [2.75, 3.05) is 26.6 Å². The summed E-state index contributed by atoms with van der Waals surface area (Å²) in [6.45, 7) is 0. The molecule has 1 aromatic heterocycles. The molecule has 2 heterocycles. The van der Waals surface area contributed by atoms with E-state index in [2.05, 4.69) is 22.4 Å². The van der Waals surface area contributed by atoms with E-state index < -0.39 is 0 Å². The molecule has 0 spiro atoms. The van der Waals surface area contributed by atoms with Crippen LogP contribution >= 0.6 is 0 Å². The number of fused-ring (bicyclic) bond motifs is 3. The molecule has 0 fully saturated rings. The van der Waals surface area contributed by atoms with Crippen molar-refractivity contribution >= 4 is 22.4 Å². The number of nitrogens with zero attached hydrogens (tertiary/aromatic N) is 1. The fraction of sp³-hybridized carbons (Fsp3) is 0.280. The monoisotopic (exact) mass is 416 g/mol. The molecule has 0 radical (unpaired) electrons. The Labute approximate surface area is 180 Å². The highest BCUT2D eigenvalue weighted by Crippen LogP contribution is 2.50. The lowest BCUT2D eigenvalue weighted by Gasteiger charge is -2.35. The number of aromatic nitrogens is 1. The summed E-state index contributed by atoms with van der Waals surface area (Å²) in [5.41, 5.74) is 5.71. The Bertz CT molecular complexity index is 1210. The van der Waals surface area contributed by atoms with Crippen molar-refractivity contribution in [1.82, 2.24) is 4.98 Å². The molecular weight excluding hydrogens is 392 g/mol. The third kappa shape index (κ3) is 3.02. The number of pyridine rings is 1. The summed E-state index contributed by atoms with van der Waals surface area (Å²) in [5, 5.41) is 4.57. The zero-order valence-corrected chi connectivity index (χ0v) is 17.8. The second-order valence-corrected chi connectivity index (χ2v) is 7.78. The van der Waals surface area contributed by atoms with Crippen LogP contribution in [-0.2, 0) is 4.79 Å². The fourth-order valence-corrected chi connectivity index (χ4v) is 4.83. The average Bonchev–Trinajstić information content (AvgIpc) is 2.81. The number of benzene rings is 2. The zero-order chi connectivity index (χ0) is 21.5. The number of methoxy groups -OCH3 is 3. The van der Waals surface area contributed by atoms with Gasteiger partial charge in [-0.3, -0.25) is 9.78 Å². The van der Waals surface area contributed by atoms with Crippen molar-refractivity contribution < 1.29 is 19.0 Å². The van der Waals surface area contributed by atoms with E-state index >= 15 is 0 Å². The van der Waals surface area contributed by atoms with Gasteiger partial charge in [-0.05, 0) is 54.3 Å². The van der Waals surface area contributed by atoms with E-state index in [1.165, 1.54) is 0 Å². The van der Waals surface area contributed by atoms with E-state index in [0.717, 1.165) is 51.8 Å². The fourth-order valence-electron chi connectivity index (χ4n) is 4.83. The summed E-state index contributed by atoms with van der Waals surface area (Å²) in [7, 11) is 4.80. The van der Waals surface area contributed by atoms with E-state index in [0.29, 0.717) is 23.7 Å². The van der Waals surface area contributed by atoms with Gasteiger partial charge in [-0.1, -0.05) is 6.07 Å². The highest BCUT2D eigenvalue weighted by Gasteiger charge is 2.37. The first kappa shape index (κ1) is 19.4. The predicted octanol–water partition coefficient (Wildman–Crippen LogP) is 4.83. The molecule has 2 aliphatic rings. The van der Waals surface area contributed by atoms with Crippen LogP contribution in [0.1, 0.15) is 36.3 Å². The Hall–Kier alpha value is -3.54. The molecule has 158 valence electrons. The quantitative estimate of drug-likeness (QED) is 0.657. The SMILES string of the molecule is COc1cc(C2C3=C(CCCC3=O)Nc3ccc4ncccc4c32)cc(OC)c1OC. The van der Waals surface area contributed by atoms with Crippen LogP contribution in [0.2, 0.25) is 0 Å². The summed E-state index contributed by atoms with van der Waals surface area (Å²) in [6, 6.07) is 12.0. The van der Waals surface area contributed by atoms with Gasteiger partial charge in [0.2, 0.25) is 5.75 Å².